The van der Waals surface area contributed by atoms with Gasteiger partial charge in [-0.3, -0.25) is 0 Å². The number of nitrogens with one attached hydrogen (secondary N) is 1. The summed E-state index contributed by atoms with van der Waals surface area (Å²) in [5, 5.41) is 8.61. The van der Waals surface area contributed by atoms with E-state index in [-0.39, 0.29) is 6.17 Å². The molecule has 126 valence electrons. The molecule has 3 nitrogen and oxygen atoms in total. The van der Waals surface area contributed by atoms with E-state index in [4.69, 9.17) is 5.10 Å². The number of nitrogens with zero attached hydrogens (tertiary/aromatic N) is 2. The zero-order chi connectivity index (χ0) is 17.5. The Balaban J connectivity index is 1.70. The van der Waals surface area contributed by atoms with E-state index in [0.29, 0.717) is 0 Å². The predicted molar refractivity (Wildman–Crippen MR) is 106 cm³/mol. The highest BCUT2D eigenvalue weighted by molar-refractivity contribution is 5.81. The summed E-state index contributed by atoms with van der Waals surface area (Å²) in [4.78, 5) is 0. The SMILES string of the molecule is Cc1ccc(C2Nc3ccccc3-c3cc(-c4ccccc4)nn32)cc1. The highest BCUT2D eigenvalue weighted by atomic mass is 15.4. The Bertz CT molecular complexity index is 1060. The van der Waals surface area contributed by atoms with Crippen LogP contribution in [0.25, 0.3) is 22.5 Å². The van der Waals surface area contributed by atoms with Crippen molar-refractivity contribution in [2.24, 2.45) is 0 Å². The standard InChI is InChI=1S/C23H19N3/c1-16-11-13-18(14-12-16)23-24-20-10-6-5-9-19(20)22-15-21(25-26(22)23)17-7-3-2-4-8-17/h2-15,23-24H,1H3. The van der Waals surface area contributed by atoms with Crippen molar-refractivity contribution in [2.45, 2.75) is 13.1 Å². The predicted octanol–water partition coefficient (Wildman–Crippen LogP) is 5.50. The van der Waals surface area contributed by atoms with Crippen LogP contribution in [0.4, 0.5) is 5.69 Å². The van der Waals surface area contributed by atoms with Crippen molar-refractivity contribution in [2.75, 3.05) is 5.32 Å². The number of rotatable bonds is 2. The molecule has 0 spiro atoms. The Morgan fingerprint density at radius 1 is 0.846 bits per heavy atom. The summed E-state index contributed by atoms with van der Waals surface area (Å²) >= 11 is 0. The fraction of sp³-hybridized carbons (Fsp3) is 0.0870. The third-order valence-corrected chi connectivity index (χ3v) is 4.94. The molecule has 0 bridgehead atoms. The van der Waals surface area contributed by atoms with Gasteiger partial charge in [0.15, 0.2) is 0 Å². The molecule has 3 heteroatoms. The lowest BCUT2D eigenvalue weighted by Crippen LogP contribution is -2.25. The quantitative estimate of drug-likeness (QED) is 0.523. The molecule has 0 amide bonds. The van der Waals surface area contributed by atoms with Crippen molar-refractivity contribution in [3.63, 3.8) is 0 Å². The third kappa shape index (κ3) is 2.40. The molecule has 1 aliphatic heterocycles. The van der Waals surface area contributed by atoms with Gasteiger partial charge in [-0.15, -0.1) is 0 Å². The highest BCUT2D eigenvalue weighted by Gasteiger charge is 2.26. The van der Waals surface area contributed by atoms with E-state index >= 15 is 0 Å². The van der Waals surface area contributed by atoms with Gasteiger partial charge in [0.2, 0.25) is 0 Å². The van der Waals surface area contributed by atoms with Gasteiger partial charge in [-0.2, -0.15) is 5.10 Å². The minimum Gasteiger partial charge on any atom is -0.359 e. The first-order chi connectivity index (χ1) is 12.8. The van der Waals surface area contributed by atoms with Crippen LogP contribution < -0.4 is 5.32 Å². The van der Waals surface area contributed by atoms with E-state index in [0.717, 1.165) is 22.6 Å². The van der Waals surface area contributed by atoms with Crippen molar-refractivity contribution in [3.05, 3.63) is 96.1 Å². The third-order valence-electron chi connectivity index (χ3n) is 4.94. The second-order valence-electron chi connectivity index (χ2n) is 6.73. The van der Waals surface area contributed by atoms with Crippen LogP contribution in [0.2, 0.25) is 0 Å². The number of para-hydroxylation sites is 1. The smallest absolute Gasteiger partial charge is 0.147 e. The molecule has 1 N–H and O–H groups in total. The van der Waals surface area contributed by atoms with Crippen LogP contribution in [0.1, 0.15) is 17.3 Å². The topological polar surface area (TPSA) is 29.9 Å². The summed E-state index contributed by atoms with van der Waals surface area (Å²) in [5.74, 6) is 0. The van der Waals surface area contributed by atoms with Crippen molar-refractivity contribution >= 4 is 5.69 Å². The van der Waals surface area contributed by atoms with Gasteiger partial charge in [-0.25, -0.2) is 4.68 Å². The number of hydrogen-bond acceptors (Lipinski definition) is 2. The average Bonchev–Trinajstić information content (AvgIpc) is 3.14. The molecular weight excluding hydrogens is 318 g/mol. The number of aromatic nitrogens is 2. The van der Waals surface area contributed by atoms with Gasteiger partial charge in [0, 0.05) is 16.8 Å². The summed E-state index contributed by atoms with van der Waals surface area (Å²) in [7, 11) is 0. The van der Waals surface area contributed by atoms with E-state index in [1.165, 1.54) is 16.7 Å². The number of hydrogen-bond donors (Lipinski definition) is 1. The van der Waals surface area contributed by atoms with Crippen LogP contribution in [-0.4, -0.2) is 9.78 Å². The van der Waals surface area contributed by atoms with Gasteiger partial charge >= 0.3 is 0 Å². The van der Waals surface area contributed by atoms with Crippen LogP contribution in [0.5, 0.6) is 0 Å². The Morgan fingerprint density at radius 2 is 1.58 bits per heavy atom. The molecule has 1 aliphatic rings. The normalized spacial score (nSPS) is 15.0. The van der Waals surface area contributed by atoms with Crippen LogP contribution in [0.3, 0.4) is 0 Å². The molecule has 0 aliphatic carbocycles. The summed E-state index contributed by atoms with van der Waals surface area (Å²) in [5.41, 5.74) is 8.06. The molecule has 4 aromatic rings. The second kappa shape index (κ2) is 5.88. The molecule has 0 radical (unpaired) electrons. The Kier molecular flexibility index (Phi) is 3.39. The largest absolute Gasteiger partial charge is 0.359 e. The molecule has 3 aromatic carbocycles. The lowest BCUT2D eigenvalue weighted by Gasteiger charge is -2.29. The first kappa shape index (κ1) is 15.0. The van der Waals surface area contributed by atoms with E-state index in [1.807, 2.05) is 6.07 Å². The summed E-state index contributed by atoms with van der Waals surface area (Å²) in [6.45, 7) is 2.11. The zero-order valence-electron chi connectivity index (χ0n) is 14.6. The molecule has 0 saturated carbocycles. The molecular formula is C23H19N3. The van der Waals surface area contributed by atoms with Crippen molar-refractivity contribution in [3.8, 4) is 22.5 Å². The van der Waals surface area contributed by atoms with Crippen molar-refractivity contribution in [1.82, 2.24) is 9.78 Å². The van der Waals surface area contributed by atoms with Gasteiger partial charge in [0.05, 0.1) is 11.4 Å². The Labute approximate surface area is 152 Å². The van der Waals surface area contributed by atoms with Crippen LogP contribution in [-0.2, 0) is 0 Å². The van der Waals surface area contributed by atoms with Crippen molar-refractivity contribution in [1.29, 1.82) is 0 Å². The summed E-state index contributed by atoms with van der Waals surface area (Å²) in [6.07, 6.45) is -0.0158. The van der Waals surface area contributed by atoms with Crippen LogP contribution >= 0.6 is 0 Å². The molecule has 1 unspecified atom stereocenters. The van der Waals surface area contributed by atoms with E-state index < -0.39 is 0 Å². The van der Waals surface area contributed by atoms with E-state index in [2.05, 4.69) is 95.8 Å². The lowest BCUT2D eigenvalue weighted by atomic mass is 10.0. The van der Waals surface area contributed by atoms with Crippen molar-refractivity contribution < 1.29 is 0 Å². The molecule has 1 atom stereocenters. The summed E-state index contributed by atoms with van der Waals surface area (Å²) < 4.78 is 2.11. The molecule has 5 rings (SSSR count). The molecule has 1 aromatic heterocycles. The first-order valence-electron chi connectivity index (χ1n) is 8.87. The minimum absolute atomic E-state index is 0.0158. The van der Waals surface area contributed by atoms with Gasteiger partial charge in [0.1, 0.15) is 6.17 Å². The molecule has 0 saturated heterocycles. The maximum Gasteiger partial charge on any atom is 0.147 e. The van der Waals surface area contributed by atoms with E-state index in [1.54, 1.807) is 0 Å². The lowest BCUT2D eigenvalue weighted by molar-refractivity contribution is 0.577. The molecule has 26 heavy (non-hydrogen) atoms. The average molecular weight is 337 g/mol. The van der Waals surface area contributed by atoms with Gasteiger partial charge < -0.3 is 5.32 Å². The van der Waals surface area contributed by atoms with E-state index in [9.17, 15) is 0 Å². The number of fused-ring (bicyclic) bond motifs is 3. The zero-order valence-corrected chi connectivity index (χ0v) is 14.6. The second-order valence-corrected chi connectivity index (χ2v) is 6.73. The molecule has 2 heterocycles. The Morgan fingerprint density at radius 3 is 2.38 bits per heavy atom. The number of benzene rings is 3. The Hall–Kier alpha value is -3.33. The maximum absolute atomic E-state index is 4.95. The first-order valence-corrected chi connectivity index (χ1v) is 8.87. The van der Waals surface area contributed by atoms with Gasteiger partial charge in [-0.05, 0) is 24.6 Å². The number of aryl methyl sites for hydroxylation is 1. The highest BCUT2D eigenvalue weighted by Crippen LogP contribution is 2.39. The van der Waals surface area contributed by atoms with Gasteiger partial charge in [-0.1, -0.05) is 78.4 Å². The number of anilines is 1. The summed E-state index contributed by atoms with van der Waals surface area (Å²) in [6, 6.07) is 29.6. The fourth-order valence-electron chi connectivity index (χ4n) is 3.56. The monoisotopic (exact) mass is 337 g/mol. The fourth-order valence-corrected chi connectivity index (χ4v) is 3.56. The minimum atomic E-state index is -0.0158. The van der Waals surface area contributed by atoms with Gasteiger partial charge in [0.25, 0.3) is 0 Å². The molecule has 0 fully saturated rings. The maximum atomic E-state index is 4.95. The van der Waals surface area contributed by atoms with Crippen LogP contribution in [0.15, 0.2) is 84.9 Å². The van der Waals surface area contributed by atoms with Crippen LogP contribution in [0, 0.1) is 6.92 Å².